The van der Waals surface area contributed by atoms with Crippen molar-refractivity contribution in [3.8, 4) is 0 Å². The maximum atomic E-state index is 12.9. The van der Waals surface area contributed by atoms with Crippen LogP contribution in [-0.4, -0.2) is 20.9 Å². The standard InChI is InChI=1S/C11H13F3N2O2/c1-16-6-7(9(15-16)11(12,13)14)10(3-2-4-10)5-8(17)18/h6H,2-5H2,1H3,(H,17,18). The zero-order chi connectivity index (χ0) is 13.6. The Labute approximate surface area is 101 Å². The summed E-state index contributed by atoms with van der Waals surface area (Å²) in [6, 6.07) is 0. The van der Waals surface area contributed by atoms with Crippen LogP contribution in [0, 0.1) is 0 Å². The first-order chi connectivity index (χ1) is 8.24. The first-order valence-electron chi connectivity index (χ1n) is 5.58. The summed E-state index contributed by atoms with van der Waals surface area (Å²) in [5.41, 5.74) is -1.83. The number of aromatic nitrogens is 2. The van der Waals surface area contributed by atoms with Crippen LogP contribution in [0.4, 0.5) is 13.2 Å². The van der Waals surface area contributed by atoms with Gasteiger partial charge in [-0.05, 0) is 12.8 Å². The van der Waals surface area contributed by atoms with Crippen LogP contribution in [0.1, 0.15) is 36.9 Å². The summed E-state index contributed by atoms with van der Waals surface area (Å²) >= 11 is 0. The van der Waals surface area contributed by atoms with E-state index in [4.69, 9.17) is 5.11 Å². The number of aliphatic carboxylic acids is 1. The van der Waals surface area contributed by atoms with Gasteiger partial charge in [-0.3, -0.25) is 9.48 Å². The van der Waals surface area contributed by atoms with E-state index >= 15 is 0 Å². The molecule has 1 aliphatic rings. The molecule has 0 bridgehead atoms. The molecule has 0 aliphatic heterocycles. The summed E-state index contributed by atoms with van der Waals surface area (Å²) in [6.07, 6.45) is -1.84. The van der Waals surface area contributed by atoms with Crippen molar-refractivity contribution in [2.75, 3.05) is 0 Å². The van der Waals surface area contributed by atoms with E-state index in [1.54, 1.807) is 0 Å². The van der Waals surface area contributed by atoms with Gasteiger partial charge in [0.2, 0.25) is 0 Å². The third kappa shape index (κ3) is 2.09. The second-order valence-electron chi connectivity index (χ2n) is 4.77. The van der Waals surface area contributed by atoms with Gasteiger partial charge in [-0.1, -0.05) is 6.42 Å². The lowest BCUT2D eigenvalue weighted by molar-refractivity contribution is -0.145. The molecule has 0 saturated heterocycles. The fourth-order valence-electron chi connectivity index (χ4n) is 2.52. The van der Waals surface area contributed by atoms with Gasteiger partial charge in [-0.25, -0.2) is 0 Å². The maximum absolute atomic E-state index is 12.9. The minimum atomic E-state index is -4.54. The van der Waals surface area contributed by atoms with Gasteiger partial charge in [0.1, 0.15) is 0 Å². The predicted octanol–water partition coefficient (Wildman–Crippen LogP) is 2.34. The molecule has 0 radical (unpaired) electrons. The number of aryl methyl sites for hydroxylation is 1. The number of hydrogen-bond acceptors (Lipinski definition) is 2. The molecule has 0 aromatic carbocycles. The van der Waals surface area contributed by atoms with Crippen molar-refractivity contribution >= 4 is 5.97 Å². The quantitative estimate of drug-likeness (QED) is 0.909. The van der Waals surface area contributed by atoms with Gasteiger partial charge >= 0.3 is 12.1 Å². The minimum absolute atomic E-state index is 0.0196. The molecular formula is C11H13F3N2O2. The molecular weight excluding hydrogens is 249 g/mol. The number of rotatable bonds is 3. The van der Waals surface area contributed by atoms with Crippen LogP contribution in [0.3, 0.4) is 0 Å². The third-order valence-corrected chi connectivity index (χ3v) is 3.47. The van der Waals surface area contributed by atoms with Crippen molar-refractivity contribution in [3.05, 3.63) is 17.5 Å². The molecule has 1 aromatic heterocycles. The van der Waals surface area contributed by atoms with Crippen LogP contribution in [0.5, 0.6) is 0 Å². The molecule has 0 spiro atoms. The van der Waals surface area contributed by atoms with E-state index in [0.29, 0.717) is 12.8 Å². The molecule has 0 atom stereocenters. The number of carboxylic acid groups (broad SMARTS) is 1. The normalized spacial score (nSPS) is 18.4. The van der Waals surface area contributed by atoms with Crippen molar-refractivity contribution in [1.82, 2.24) is 9.78 Å². The van der Waals surface area contributed by atoms with E-state index < -0.39 is 23.3 Å². The topological polar surface area (TPSA) is 55.1 Å². The molecule has 2 rings (SSSR count). The van der Waals surface area contributed by atoms with E-state index in [1.807, 2.05) is 0 Å². The second kappa shape index (κ2) is 4.00. The van der Waals surface area contributed by atoms with Gasteiger partial charge in [0.15, 0.2) is 5.69 Å². The van der Waals surface area contributed by atoms with E-state index in [2.05, 4.69) is 5.10 Å². The lowest BCUT2D eigenvalue weighted by Gasteiger charge is -2.41. The molecule has 1 saturated carbocycles. The molecule has 1 fully saturated rings. The van der Waals surface area contributed by atoms with Crippen molar-refractivity contribution in [3.63, 3.8) is 0 Å². The van der Waals surface area contributed by atoms with Crippen LogP contribution in [0.2, 0.25) is 0 Å². The summed E-state index contributed by atoms with van der Waals surface area (Å²) in [5.74, 6) is -1.08. The van der Waals surface area contributed by atoms with Crippen LogP contribution in [0.15, 0.2) is 6.20 Å². The molecule has 1 heterocycles. The molecule has 100 valence electrons. The molecule has 1 N–H and O–H groups in total. The van der Waals surface area contributed by atoms with E-state index in [-0.39, 0.29) is 12.0 Å². The number of halogens is 3. The number of nitrogens with zero attached hydrogens (tertiary/aromatic N) is 2. The highest BCUT2D eigenvalue weighted by Gasteiger charge is 2.48. The van der Waals surface area contributed by atoms with Gasteiger partial charge in [-0.2, -0.15) is 18.3 Å². The van der Waals surface area contributed by atoms with Crippen molar-refractivity contribution < 1.29 is 23.1 Å². The average Bonchev–Trinajstić information content (AvgIpc) is 2.53. The van der Waals surface area contributed by atoms with Gasteiger partial charge in [0, 0.05) is 24.2 Å². The van der Waals surface area contributed by atoms with Crippen LogP contribution < -0.4 is 0 Å². The third-order valence-electron chi connectivity index (χ3n) is 3.47. The summed E-state index contributed by atoms with van der Waals surface area (Å²) in [5, 5.41) is 12.3. The molecule has 0 amide bonds. The zero-order valence-electron chi connectivity index (χ0n) is 9.79. The van der Waals surface area contributed by atoms with Gasteiger partial charge in [0.05, 0.1) is 6.42 Å². The minimum Gasteiger partial charge on any atom is -0.481 e. The Morgan fingerprint density at radius 3 is 2.56 bits per heavy atom. The van der Waals surface area contributed by atoms with Crippen LogP contribution >= 0.6 is 0 Å². The smallest absolute Gasteiger partial charge is 0.435 e. The van der Waals surface area contributed by atoms with E-state index in [1.165, 1.54) is 13.2 Å². The number of carboxylic acids is 1. The van der Waals surface area contributed by atoms with Crippen LogP contribution in [0.25, 0.3) is 0 Å². The first-order valence-corrected chi connectivity index (χ1v) is 5.58. The summed E-state index contributed by atoms with van der Waals surface area (Å²) < 4.78 is 39.7. The zero-order valence-corrected chi connectivity index (χ0v) is 9.79. The van der Waals surface area contributed by atoms with Gasteiger partial charge in [0.25, 0.3) is 0 Å². The molecule has 18 heavy (non-hydrogen) atoms. The molecule has 0 unspecified atom stereocenters. The Kier molecular flexibility index (Phi) is 2.87. The fourth-order valence-corrected chi connectivity index (χ4v) is 2.52. The molecule has 1 aliphatic carbocycles. The average molecular weight is 262 g/mol. The Balaban J connectivity index is 2.46. The number of hydrogen-bond donors (Lipinski definition) is 1. The van der Waals surface area contributed by atoms with Gasteiger partial charge < -0.3 is 5.11 Å². The summed E-state index contributed by atoms with van der Waals surface area (Å²) in [7, 11) is 1.41. The fraction of sp³-hybridized carbons (Fsp3) is 0.636. The molecule has 1 aromatic rings. The monoisotopic (exact) mass is 262 g/mol. The Morgan fingerprint density at radius 1 is 1.56 bits per heavy atom. The highest BCUT2D eigenvalue weighted by molar-refractivity contribution is 5.69. The lowest BCUT2D eigenvalue weighted by Crippen LogP contribution is -2.38. The molecule has 4 nitrogen and oxygen atoms in total. The van der Waals surface area contributed by atoms with Crippen molar-refractivity contribution in [1.29, 1.82) is 0 Å². The van der Waals surface area contributed by atoms with Crippen LogP contribution in [-0.2, 0) is 23.4 Å². The number of alkyl halides is 3. The lowest BCUT2D eigenvalue weighted by atomic mass is 9.62. The largest absolute Gasteiger partial charge is 0.481 e. The van der Waals surface area contributed by atoms with Gasteiger partial charge in [-0.15, -0.1) is 0 Å². The predicted molar refractivity (Wildman–Crippen MR) is 56.0 cm³/mol. The maximum Gasteiger partial charge on any atom is 0.435 e. The SMILES string of the molecule is Cn1cc(C2(CC(=O)O)CCC2)c(C(F)(F)F)n1. The Bertz CT molecular complexity index is 475. The highest BCUT2D eigenvalue weighted by atomic mass is 19.4. The Morgan fingerprint density at radius 2 is 2.17 bits per heavy atom. The van der Waals surface area contributed by atoms with Crippen molar-refractivity contribution in [2.45, 2.75) is 37.3 Å². The van der Waals surface area contributed by atoms with E-state index in [0.717, 1.165) is 11.1 Å². The number of carbonyl (C=O) groups is 1. The summed E-state index contributed by atoms with van der Waals surface area (Å²) in [4.78, 5) is 10.8. The Hall–Kier alpha value is -1.53. The summed E-state index contributed by atoms with van der Waals surface area (Å²) in [6.45, 7) is 0. The second-order valence-corrected chi connectivity index (χ2v) is 4.77. The highest BCUT2D eigenvalue weighted by Crippen LogP contribution is 2.49. The van der Waals surface area contributed by atoms with E-state index in [9.17, 15) is 18.0 Å². The van der Waals surface area contributed by atoms with Crippen molar-refractivity contribution in [2.24, 2.45) is 7.05 Å². The molecule has 7 heteroatoms. The first kappa shape index (κ1) is 12.9.